The fourth-order valence-corrected chi connectivity index (χ4v) is 2.43. The molecule has 1 unspecified atom stereocenters. The summed E-state index contributed by atoms with van der Waals surface area (Å²) in [6, 6.07) is 13.5. The molecule has 0 spiro atoms. The van der Waals surface area contributed by atoms with Crippen LogP contribution in [0.15, 0.2) is 48.5 Å². The molecule has 1 atom stereocenters. The Kier molecular flexibility index (Phi) is 4.50. The third-order valence-electron chi connectivity index (χ3n) is 3.58. The van der Waals surface area contributed by atoms with Crippen LogP contribution in [0.4, 0.5) is 8.78 Å². The van der Waals surface area contributed by atoms with Gasteiger partial charge in [-0.25, -0.2) is 8.78 Å². The van der Waals surface area contributed by atoms with Gasteiger partial charge >= 0.3 is 0 Å². The number of nitrogens with two attached hydrogens (primary N) is 1. The molecule has 20 heavy (non-hydrogen) atoms. The van der Waals surface area contributed by atoms with Crippen LogP contribution in [0.5, 0.6) is 0 Å². The molecule has 1 nitrogen and oxygen atoms in total. The molecule has 0 amide bonds. The molecule has 0 heterocycles. The first kappa shape index (κ1) is 14.7. The van der Waals surface area contributed by atoms with Crippen molar-refractivity contribution in [2.24, 2.45) is 5.73 Å². The lowest BCUT2D eigenvalue weighted by molar-refractivity contribution is 0.402. The van der Waals surface area contributed by atoms with Gasteiger partial charge in [-0.15, -0.1) is 0 Å². The number of halogens is 2. The highest BCUT2D eigenvalue weighted by molar-refractivity contribution is 5.23. The molecule has 0 aliphatic rings. The standard InChI is InChI=1S/C17H19F2N/c1-2-17(20,11-13-6-4-3-5-7-13)12-14-8-15(18)10-16(19)9-14/h3-10H,2,11-12,20H2,1H3. The van der Waals surface area contributed by atoms with Gasteiger partial charge in [-0.1, -0.05) is 37.3 Å². The van der Waals surface area contributed by atoms with Crippen LogP contribution in [0, 0.1) is 11.6 Å². The van der Waals surface area contributed by atoms with Gasteiger partial charge in [0.25, 0.3) is 0 Å². The van der Waals surface area contributed by atoms with E-state index >= 15 is 0 Å². The second kappa shape index (κ2) is 6.14. The first-order valence-electron chi connectivity index (χ1n) is 6.78. The second-order valence-corrected chi connectivity index (χ2v) is 5.33. The zero-order valence-corrected chi connectivity index (χ0v) is 11.6. The largest absolute Gasteiger partial charge is 0.325 e. The summed E-state index contributed by atoms with van der Waals surface area (Å²) in [5.41, 5.74) is 7.65. The molecule has 3 heteroatoms. The molecule has 0 aliphatic heterocycles. The van der Waals surface area contributed by atoms with Crippen LogP contribution in [-0.2, 0) is 12.8 Å². The van der Waals surface area contributed by atoms with E-state index in [1.54, 1.807) is 0 Å². The van der Waals surface area contributed by atoms with Crippen molar-refractivity contribution in [3.8, 4) is 0 Å². The van der Waals surface area contributed by atoms with Gasteiger partial charge in [0.15, 0.2) is 0 Å². The summed E-state index contributed by atoms with van der Waals surface area (Å²) in [6.07, 6.45) is 1.87. The summed E-state index contributed by atoms with van der Waals surface area (Å²) in [5.74, 6) is -1.11. The summed E-state index contributed by atoms with van der Waals surface area (Å²) in [7, 11) is 0. The average molecular weight is 275 g/mol. The van der Waals surface area contributed by atoms with E-state index in [1.165, 1.54) is 12.1 Å². The van der Waals surface area contributed by atoms with Crippen molar-refractivity contribution >= 4 is 0 Å². The lowest BCUT2D eigenvalue weighted by Crippen LogP contribution is -2.43. The maximum Gasteiger partial charge on any atom is 0.126 e. The first-order valence-corrected chi connectivity index (χ1v) is 6.78. The first-order chi connectivity index (χ1) is 9.50. The minimum Gasteiger partial charge on any atom is -0.325 e. The Morgan fingerprint density at radius 2 is 1.45 bits per heavy atom. The number of hydrogen-bond donors (Lipinski definition) is 1. The fraction of sp³-hybridized carbons (Fsp3) is 0.294. The normalized spacial score (nSPS) is 14.0. The minimum atomic E-state index is -0.557. The second-order valence-electron chi connectivity index (χ2n) is 5.33. The summed E-state index contributed by atoms with van der Waals surface area (Å²) in [6.45, 7) is 2.00. The van der Waals surface area contributed by atoms with Gasteiger partial charge in [-0.2, -0.15) is 0 Å². The zero-order valence-electron chi connectivity index (χ0n) is 11.6. The van der Waals surface area contributed by atoms with Crippen LogP contribution in [-0.4, -0.2) is 5.54 Å². The molecule has 0 saturated heterocycles. The van der Waals surface area contributed by atoms with E-state index < -0.39 is 17.2 Å². The summed E-state index contributed by atoms with van der Waals surface area (Å²) < 4.78 is 26.5. The SMILES string of the molecule is CCC(N)(Cc1ccccc1)Cc1cc(F)cc(F)c1. The van der Waals surface area contributed by atoms with Crippen LogP contribution in [0.1, 0.15) is 24.5 Å². The number of hydrogen-bond acceptors (Lipinski definition) is 1. The molecule has 2 aromatic carbocycles. The van der Waals surface area contributed by atoms with Gasteiger partial charge in [-0.3, -0.25) is 0 Å². The Morgan fingerprint density at radius 3 is 2.00 bits per heavy atom. The third-order valence-corrected chi connectivity index (χ3v) is 3.58. The smallest absolute Gasteiger partial charge is 0.126 e. The van der Waals surface area contributed by atoms with Crippen molar-refractivity contribution in [2.75, 3.05) is 0 Å². The van der Waals surface area contributed by atoms with E-state index in [9.17, 15) is 8.78 Å². The van der Waals surface area contributed by atoms with Crippen molar-refractivity contribution in [3.05, 3.63) is 71.3 Å². The van der Waals surface area contributed by atoms with E-state index in [1.807, 2.05) is 37.3 Å². The molecule has 2 aromatic rings. The van der Waals surface area contributed by atoms with Crippen LogP contribution >= 0.6 is 0 Å². The van der Waals surface area contributed by atoms with Gasteiger partial charge in [-0.05, 0) is 42.5 Å². The van der Waals surface area contributed by atoms with E-state index in [0.717, 1.165) is 18.1 Å². The fourth-order valence-electron chi connectivity index (χ4n) is 2.43. The Labute approximate surface area is 118 Å². The predicted molar refractivity (Wildman–Crippen MR) is 77.4 cm³/mol. The molecular weight excluding hydrogens is 256 g/mol. The van der Waals surface area contributed by atoms with E-state index in [-0.39, 0.29) is 0 Å². The minimum absolute atomic E-state index is 0.451. The quantitative estimate of drug-likeness (QED) is 0.881. The topological polar surface area (TPSA) is 26.0 Å². The lowest BCUT2D eigenvalue weighted by Gasteiger charge is -2.28. The average Bonchev–Trinajstić information content (AvgIpc) is 2.38. The summed E-state index contributed by atoms with van der Waals surface area (Å²) in [5, 5.41) is 0. The van der Waals surface area contributed by atoms with Gasteiger partial charge in [0.1, 0.15) is 11.6 Å². The van der Waals surface area contributed by atoms with Gasteiger partial charge in [0.2, 0.25) is 0 Å². The summed E-state index contributed by atoms with van der Waals surface area (Å²) in [4.78, 5) is 0. The number of benzene rings is 2. The van der Waals surface area contributed by atoms with E-state index in [4.69, 9.17) is 5.73 Å². The van der Waals surface area contributed by atoms with Crippen LogP contribution in [0.2, 0.25) is 0 Å². The van der Waals surface area contributed by atoms with E-state index in [2.05, 4.69) is 0 Å². The highest BCUT2D eigenvalue weighted by Crippen LogP contribution is 2.21. The lowest BCUT2D eigenvalue weighted by atomic mass is 9.83. The predicted octanol–water partition coefficient (Wildman–Crippen LogP) is 3.86. The van der Waals surface area contributed by atoms with Gasteiger partial charge < -0.3 is 5.73 Å². The molecule has 0 fully saturated rings. The Morgan fingerprint density at radius 1 is 0.900 bits per heavy atom. The van der Waals surface area contributed by atoms with Crippen molar-refractivity contribution in [1.82, 2.24) is 0 Å². The highest BCUT2D eigenvalue weighted by atomic mass is 19.1. The molecule has 2 N–H and O–H groups in total. The van der Waals surface area contributed by atoms with Crippen LogP contribution in [0.25, 0.3) is 0 Å². The zero-order chi connectivity index (χ0) is 14.6. The molecule has 0 aromatic heterocycles. The number of rotatable bonds is 5. The summed E-state index contributed by atoms with van der Waals surface area (Å²) >= 11 is 0. The van der Waals surface area contributed by atoms with Crippen molar-refractivity contribution < 1.29 is 8.78 Å². The van der Waals surface area contributed by atoms with Gasteiger partial charge in [0, 0.05) is 11.6 Å². The molecule has 2 rings (SSSR count). The van der Waals surface area contributed by atoms with Crippen molar-refractivity contribution in [1.29, 1.82) is 0 Å². The Bertz CT molecular complexity index is 548. The molecule has 0 aliphatic carbocycles. The van der Waals surface area contributed by atoms with Gasteiger partial charge in [0.05, 0.1) is 0 Å². The maximum absolute atomic E-state index is 13.3. The van der Waals surface area contributed by atoms with Crippen molar-refractivity contribution in [3.63, 3.8) is 0 Å². The van der Waals surface area contributed by atoms with E-state index in [0.29, 0.717) is 18.4 Å². The molecule has 0 saturated carbocycles. The molecule has 106 valence electrons. The monoisotopic (exact) mass is 275 g/mol. The molecule has 0 bridgehead atoms. The van der Waals surface area contributed by atoms with Crippen molar-refractivity contribution in [2.45, 2.75) is 31.7 Å². The Balaban J connectivity index is 2.18. The third kappa shape index (κ3) is 3.87. The molecular formula is C17H19F2N. The molecule has 0 radical (unpaired) electrons. The maximum atomic E-state index is 13.3. The Hall–Kier alpha value is -1.74. The van der Waals surface area contributed by atoms with Crippen LogP contribution < -0.4 is 5.73 Å². The highest BCUT2D eigenvalue weighted by Gasteiger charge is 2.24. The van der Waals surface area contributed by atoms with Crippen LogP contribution in [0.3, 0.4) is 0 Å².